The summed E-state index contributed by atoms with van der Waals surface area (Å²) in [5.41, 5.74) is 0.820. The molecule has 26 heavy (non-hydrogen) atoms. The van der Waals surface area contributed by atoms with Crippen molar-refractivity contribution in [2.45, 2.75) is 20.8 Å². The molecule has 1 saturated heterocycles. The Bertz CT molecular complexity index is 691. The molecule has 2 rings (SSSR count). The smallest absolute Gasteiger partial charge is 0.322 e. The van der Waals surface area contributed by atoms with Crippen LogP contribution in [0.4, 0.5) is 10.5 Å². The van der Waals surface area contributed by atoms with Crippen molar-refractivity contribution < 1.29 is 14.4 Å². The normalized spacial score (nSPS) is 14.4. The summed E-state index contributed by atoms with van der Waals surface area (Å²) in [5, 5.41) is 3.06. The van der Waals surface area contributed by atoms with Gasteiger partial charge >= 0.3 is 6.03 Å². The molecule has 7 nitrogen and oxygen atoms in total. The third kappa shape index (κ3) is 4.46. The number of benzene rings is 1. The number of hydrogen-bond acceptors (Lipinski definition) is 3. The molecule has 0 atom stereocenters. The maximum absolute atomic E-state index is 12.5. The zero-order chi connectivity index (χ0) is 19.3. The average Bonchev–Trinajstić information content (AvgIpc) is 2.64. The van der Waals surface area contributed by atoms with Gasteiger partial charge in [-0.15, -0.1) is 0 Å². The first kappa shape index (κ1) is 20.0. The maximum atomic E-state index is 12.5. The minimum Gasteiger partial charge on any atom is -0.340 e. The van der Waals surface area contributed by atoms with Gasteiger partial charge in [-0.2, -0.15) is 0 Å². The SMILES string of the molecule is CCN1CCN(C(=O)Nc2cc(C(=O)N(CC)CC)ccc2Cl)CC1=O. The first-order valence-corrected chi connectivity index (χ1v) is 9.21. The van der Waals surface area contributed by atoms with Crippen molar-refractivity contribution in [3.8, 4) is 0 Å². The molecule has 1 aromatic carbocycles. The summed E-state index contributed by atoms with van der Waals surface area (Å²) in [5.74, 6) is -0.195. The molecule has 1 N–H and O–H groups in total. The summed E-state index contributed by atoms with van der Waals surface area (Å²) in [7, 11) is 0. The Balaban J connectivity index is 2.11. The Kier molecular flexibility index (Phi) is 6.85. The molecule has 0 bridgehead atoms. The topological polar surface area (TPSA) is 73.0 Å². The van der Waals surface area contributed by atoms with Gasteiger partial charge in [-0.25, -0.2) is 4.79 Å². The molecule has 0 aliphatic carbocycles. The van der Waals surface area contributed by atoms with E-state index in [9.17, 15) is 14.4 Å². The number of nitrogens with one attached hydrogen (secondary N) is 1. The van der Waals surface area contributed by atoms with Crippen LogP contribution in [0.1, 0.15) is 31.1 Å². The number of piperazine rings is 1. The Labute approximate surface area is 158 Å². The summed E-state index contributed by atoms with van der Waals surface area (Å²) in [6.07, 6.45) is 0. The lowest BCUT2D eigenvalue weighted by atomic mass is 10.1. The zero-order valence-corrected chi connectivity index (χ0v) is 16.2. The van der Waals surface area contributed by atoms with Crippen molar-refractivity contribution in [1.29, 1.82) is 0 Å². The highest BCUT2D eigenvalue weighted by Crippen LogP contribution is 2.24. The standard InChI is InChI=1S/C18H25ClN4O3/c1-4-21(5-2)17(25)13-7-8-14(19)15(11-13)20-18(26)23-10-9-22(6-3)16(24)12-23/h7-8,11H,4-6,9-10,12H2,1-3H3,(H,20,26). The lowest BCUT2D eigenvalue weighted by Crippen LogP contribution is -2.53. The van der Waals surface area contributed by atoms with Crippen LogP contribution in [0, 0.1) is 0 Å². The summed E-state index contributed by atoms with van der Waals surface area (Å²) in [6, 6.07) is 4.41. The summed E-state index contributed by atoms with van der Waals surface area (Å²) in [6.45, 7) is 8.57. The van der Waals surface area contributed by atoms with Crippen LogP contribution < -0.4 is 5.32 Å². The van der Waals surface area contributed by atoms with Crippen molar-refractivity contribution >= 4 is 35.1 Å². The molecule has 1 aliphatic heterocycles. The van der Waals surface area contributed by atoms with E-state index in [1.54, 1.807) is 28.0 Å². The van der Waals surface area contributed by atoms with Gasteiger partial charge in [0.1, 0.15) is 6.54 Å². The Morgan fingerprint density at radius 2 is 1.88 bits per heavy atom. The van der Waals surface area contributed by atoms with Crippen molar-refractivity contribution in [3.05, 3.63) is 28.8 Å². The van der Waals surface area contributed by atoms with E-state index in [1.165, 1.54) is 4.90 Å². The second kappa shape index (κ2) is 8.89. The number of rotatable bonds is 5. The number of urea groups is 1. The number of halogens is 1. The minimum atomic E-state index is -0.400. The monoisotopic (exact) mass is 380 g/mol. The fourth-order valence-electron chi connectivity index (χ4n) is 2.86. The van der Waals surface area contributed by atoms with E-state index in [-0.39, 0.29) is 18.4 Å². The Hall–Kier alpha value is -2.28. The molecule has 8 heteroatoms. The number of amides is 4. The van der Waals surface area contributed by atoms with Gasteiger partial charge in [-0.05, 0) is 39.0 Å². The molecule has 0 unspecified atom stereocenters. The predicted molar refractivity (Wildman–Crippen MR) is 102 cm³/mol. The lowest BCUT2D eigenvalue weighted by Gasteiger charge is -2.33. The van der Waals surface area contributed by atoms with E-state index in [2.05, 4.69) is 5.32 Å². The molecule has 4 amide bonds. The van der Waals surface area contributed by atoms with Crippen LogP contribution in [-0.4, -0.2) is 71.8 Å². The number of nitrogens with zero attached hydrogens (tertiary/aromatic N) is 3. The van der Waals surface area contributed by atoms with Crippen LogP contribution in [0.2, 0.25) is 5.02 Å². The summed E-state index contributed by atoms with van der Waals surface area (Å²) in [4.78, 5) is 41.8. The van der Waals surface area contributed by atoms with E-state index in [0.717, 1.165) is 0 Å². The van der Waals surface area contributed by atoms with Gasteiger partial charge in [-0.1, -0.05) is 11.6 Å². The quantitative estimate of drug-likeness (QED) is 0.853. The molecule has 1 heterocycles. The molecule has 0 radical (unpaired) electrons. The molecule has 1 aromatic rings. The van der Waals surface area contributed by atoms with Gasteiger partial charge in [0.2, 0.25) is 5.91 Å². The predicted octanol–water partition coefficient (Wildman–Crippen LogP) is 2.52. The van der Waals surface area contributed by atoms with Gasteiger partial charge < -0.3 is 20.0 Å². The van der Waals surface area contributed by atoms with Crippen LogP contribution in [0.5, 0.6) is 0 Å². The van der Waals surface area contributed by atoms with Gasteiger partial charge in [-0.3, -0.25) is 9.59 Å². The largest absolute Gasteiger partial charge is 0.340 e. The van der Waals surface area contributed by atoms with Crippen molar-refractivity contribution in [1.82, 2.24) is 14.7 Å². The average molecular weight is 381 g/mol. The van der Waals surface area contributed by atoms with Crippen molar-refractivity contribution in [2.24, 2.45) is 0 Å². The van der Waals surface area contributed by atoms with Gasteiger partial charge in [0, 0.05) is 38.3 Å². The Morgan fingerprint density at radius 3 is 2.46 bits per heavy atom. The van der Waals surface area contributed by atoms with Crippen molar-refractivity contribution in [3.63, 3.8) is 0 Å². The van der Waals surface area contributed by atoms with E-state index in [1.807, 2.05) is 20.8 Å². The number of likely N-dealkylation sites (N-methyl/N-ethyl adjacent to an activating group) is 1. The number of carbonyl (C=O) groups is 3. The molecule has 0 spiro atoms. The fourth-order valence-corrected chi connectivity index (χ4v) is 3.02. The molecular weight excluding hydrogens is 356 g/mol. The molecule has 1 fully saturated rings. The first-order chi connectivity index (χ1) is 12.4. The van der Waals surface area contributed by atoms with E-state index < -0.39 is 6.03 Å². The van der Waals surface area contributed by atoms with Gasteiger partial charge in [0.05, 0.1) is 10.7 Å². The second-order valence-corrected chi connectivity index (χ2v) is 6.40. The summed E-state index contributed by atoms with van der Waals surface area (Å²) >= 11 is 6.17. The Morgan fingerprint density at radius 1 is 1.19 bits per heavy atom. The zero-order valence-electron chi connectivity index (χ0n) is 15.4. The maximum Gasteiger partial charge on any atom is 0.322 e. The fraction of sp³-hybridized carbons (Fsp3) is 0.500. The lowest BCUT2D eigenvalue weighted by molar-refractivity contribution is -0.134. The molecule has 1 aliphatic rings. The van der Waals surface area contributed by atoms with E-state index >= 15 is 0 Å². The second-order valence-electron chi connectivity index (χ2n) is 6.00. The highest BCUT2D eigenvalue weighted by atomic mass is 35.5. The van der Waals surface area contributed by atoms with E-state index in [4.69, 9.17) is 11.6 Å². The van der Waals surface area contributed by atoms with Gasteiger partial charge in [0.15, 0.2) is 0 Å². The van der Waals surface area contributed by atoms with Crippen LogP contribution in [0.25, 0.3) is 0 Å². The molecule has 0 aromatic heterocycles. The molecule has 142 valence electrons. The minimum absolute atomic E-state index is 0.0371. The van der Waals surface area contributed by atoms with Crippen LogP contribution in [0.15, 0.2) is 18.2 Å². The number of carbonyl (C=O) groups excluding carboxylic acids is 3. The van der Waals surface area contributed by atoms with Crippen molar-refractivity contribution in [2.75, 3.05) is 44.6 Å². The van der Waals surface area contributed by atoms with Crippen LogP contribution in [-0.2, 0) is 4.79 Å². The highest BCUT2D eigenvalue weighted by molar-refractivity contribution is 6.33. The third-order valence-corrected chi connectivity index (χ3v) is 4.82. The third-order valence-electron chi connectivity index (χ3n) is 4.49. The summed E-state index contributed by atoms with van der Waals surface area (Å²) < 4.78 is 0. The van der Waals surface area contributed by atoms with Gasteiger partial charge in [0.25, 0.3) is 5.91 Å². The van der Waals surface area contributed by atoms with E-state index in [0.29, 0.717) is 49.0 Å². The first-order valence-electron chi connectivity index (χ1n) is 8.83. The molecule has 0 saturated carbocycles. The van der Waals surface area contributed by atoms with Crippen LogP contribution >= 0.6 is 11.6 Å². The highest BCUT2D eigenvalue weighted by Gasteiger charge is 2.26. The van der Waals surface area contributed by atoms with Crippen LogP contribution in [0.3, 0.4) is 0 Å². The number of hydrogen-bond donors (Lipinski definition) is 1. The number of anilines is 1. The molecular formula is C18H25ClN4O3.